The van der Waals surface area contributed by atoms with E-state index in [4.69, 9.17) is 5.73 Å². The van der Waals surface area contributed by atoms with Gasteiger partial charge in [0.2, 0.25) is 5.82 Å². The average molecular weight is 256 g/mol. The number of halogens is 3. The third-order valence-corrected chi connectivity index (χ3v) is 2.24. The second kappa shape index (κ2) is 4.79. The smallest absolute Gasteiger partial charge is 0.387 e. The number of rotatable bonds is 4. The number of hydrogen-bond donors (Lipinski definition) is 1. The quantitative estimate of drug-likeness (QED) is 0.819. The monoisotopic (exact) mass is 256 g/mol. The lowest BCUT2D eigenvalue weighted by Gasteiger charge is -2.04. The van der Waals surface area contributed by atoms with Gasteiger partial charge >= 0.3 is 5.51 Å². The standard InChI is InChI=1S/C6H7F3N4S2/c7-6(8,9)15-2-1-13-3-11-5(12-13)4(10)14/h3H,1-2H2,(H2,10,14). The average Bonchev–Trinajstić information content (AvgIpc) is 2.50. The third-order valence-electron chi connectivity index (χ3n) is 1.34. The molecule has 0 bridgehead atoms. The van der Waals surface area contributed by atoms with Crippen molar-refractivity contribution in [3.63, 3.8) is 0 Å². The predicted octanol–water partition coefficient (Wildman–Crippen LogP) is 1.17. The molecule has 0 saturated carbocycles. The summed E-state index contributed by atoms with van der Waals surface area (Å²) in [6.45, 7) is 0.111. The lowest BCUT2D eigenvalue weighted by Crippen LogP contribution is -2.13. The number of thiocarbonyl (C=S) groups is 1. The van der Waals surface area contributed by atoms with Crippen LogP contribution in [-0.2, 0) is 6.54 Å². The van der Waals surface area contributed by atoms with Gasteiger partial charge in [-0.2, -0.15) is 13.2 Å². The van der Waals surface area contributed by atoms with Crippen LogP contribution < -0.4 is 5.73 Å². The van der Waals surface area contributed by atoms with Gasteiger partial charge < -0.3 is 5.73 Å². The Kier molecular flexibility index (Phi) is 3.91. The minimum atomic E-state index is -4.22. The summed E-state index contributed by atoms with van der Waals surface area (Å²) in [5.41, 5.74) is 1.02. The zero-order valence-corrected chi connectivity index (χ0v) is 8.99. The van der Waals surface area contributed by atoms with Crippen LogP contribution >= 0.6 is 24.0 Å². The van der Waals surface area contributed by atoms with Crippen molar-refractivity contribution in [2.24, 2.45) is 5.73 Å². The van der Waals surface area contributed by atoms with Crippen LogP contribution in [0.5, 0.6) is 0 Å². The Balaban J connectivity index is 2.41. The van der Waals surface area contributed by atoms with Gasteiger partial charge in [-0.1, -0.05) is 12.2 Å². The molecule has 0 aliphatic rings. The van der Waals surface area contributed by atoms with E-state index in [1.54, 1.807) is 0 Å². The van der Waals surface area contributed by atoms with Gasteiger partial charge in [-0.15, -0.1) is 5.10 Å². The SMILES string of the molecule is NC(=S)c1ncn(CCSC(F)(F)F)n1. The fraction of sp³-hybridized carbons (Fsp3) is 0.500. The van der Waals surface area contributed by atoms with Crippen molar-refractivity contribution >= 4 is 29.0 Å². The van der Waals surface area contributed by atoms with Crippen LogP contribution in [0.1, 0.15) is 5.82 Å². The first-order valence-electron chi connectivity index (χ1n) is 3.78. The van der Waals surface area contributed by atoms with Crippen molar-refractivity contribution in [3.05, 3.63) is 12.2 Å². The second-order valence-electron chi connectivity index (χ2n) is 2.49. The van der Waals surface area contributed by atoms with Gasteiger partial charge in [0.15, 0.2) is 0 Å². The van der Waals surface area contributed by atoms with Crippen molar-refractivity contribution in [1.29, 1.82) is 0 Å². The maximum atomic E-state index is 11.8. The number of thioether (sulfide) groups is 1. The highest BCUT2D eigenvalue weighted by Gasteiger charge is 2.27. The van der Waals surface area contributed by atoms with Gasteiger partial charge in [-0.3, -0.25) is 4.68 Å². The van der Waals surface area contributed by atoms with E-state index in [1.807, 2.05) is 0 Å². The van der Waals surface area contributed by atoms with E-state index in [-0.39, 0.29) is 34.9 Å². The zero-order chi connectivity index (χ0) is 11.5. The van der Waals surface area contributed by atoms with E-state index in [1.165, 1.54) is 11.0 Å². The van der Waals surface area contributed by atoms with Gasteiger partial charge in [-0.05, 0) is 11.8 Å². The van der Waals surface area contributed by atoms with E-state index < -0.39 is 5.51 Å². The van der Waals surface area contributed by atoms with E-state index in [0.717, 1.165) is 0 Å². The Morgan fingerprint density at radius 2 is 2.27 bits per heavy atom. The molecule has 1 rings (SSSR count). The molecule has 0 aromatic carbocycles. The lowest BCUT2D eigenvalue weighted by molar-refractivity contribution is -0.0328. The number of alkyl halides is 3. The Labute approximate surface area is 93.0 Å². The van der Waals surface area contributed by atoms with Gasteiger partial charge in [0, 0.05) is 5.75 Å². The van der Waals surface area contributed by atoms with Crippen LogP contribution in [0.3, 0.4) is 0 Å². The number of aryl methyl sites for hydroxylation is 1. The minimum Gasteiger partial charge on any atom is -0.387 e. The van der Waals surface area contributed by atoms with E-state index >= 15 is 0 Å². The Hall–Kier alpha value is -0.830. The van der Waals surface area contributed by atoms with Gasteiger partial charge in [0.25, 0.3) is 0 Å². The fourth-order valence-electron chi connectivity index (χ4n) is 0.770. The molecule has 4 nitrogen and oxygen atoms in total. The second-order valence-corrected chi connectivity index (χ2v) is 4.09. The summed E-state index contributed by atoms with van der Waals surface area (Å²) >= 11 is 4.49. The lowest BCUT2D eigenvalue weighted by atomic mass is 10.6. The molecule has 1 heterocycles. The van der Waals surface area contributed by atoms with Crippen LogP contribution in [0, 0.1) is 0 Å². The largest absolute Gasteiger partial charge is 0.441 e. The van der Waals surface area contributed by atoms with Crippen molar-refractivity contribution in [2.45, 2.75) is 12.1 Å². The molecular formula is C6H7F3N4S2. The highest BCUT2D eigenvalue weighted by molar-refractivity contribution is 8.00. The number of aromatic nitrogens is 3. The predicted molar refractivity (Wildman–Crippen MR) is 54.4 cm³/mol. The molecule has 15 heavy (non-hydrogen) atoms. The number of nitrogens with zero attached hydrogens (tertiary/aromatic N) is 3. The fourth-order valence-corrected chi connectivity index (χ4v) is 1.37. The molecule has 84 valence electrons. The Morgan fingerprint density at radius 1 is 1.60 bits per heavy atom. The topological polar surface area (TPSA) is 56.7 Å². The van der Waals surface area contributed by atoms with Gasteiger partial charge in [-0.25, -0.2) is 4.98 Å². The molecule has 0 unspecified atom stereocenters. The van der Waals surface area contributed by atoms with Crippen LogP contribution in [-0.4, -0.2) is 31.0 Å². The van der Waals surface area contributed by atoms with Crippen LogP contribution in [0.25, 0.3) is 0 Å². The van der Waals surface area contributed by atoms with Crippen LogP contribution in [0.2, 0.25) is 0 Å². The summed E-state index contributed by atoms with van der Waals surface area (Å²) in [5, 5.41) is 3.79. The third kappa shape index (κ3) is 4.47. The Morgan fingerprint density at radius 3 is 2.73 bits per heavy atom. The highest BCUT2D eigenvalue weighted by atomic mass is 32.2. The van der Waals surface area contributed by atoms with Crippen molar-refractivity contribution in [3.8, 4) is 0 Å². The summed E-state index contributed by atoms with van der Waals surface area (Å²) in [6.07, 6.45) is 1.30. The molecular weight excluding hydrogens is 249 g/mol. The summed E-state index contributed by atoms with van der Waals surface area (Å²) < 4.78 is 36.6. The molecule has 1 aromatic heterocycles. The summed E-state index contributed by atoms with van der Waals surface area (Å²) in [7, 11) is 0. The molecule has 9 heteroatoms. The number of nitrogens with two attached hydrogens (primary N) is 1. The zero-order valence-electron chi connectivity index (χ0n) is 7.36. The highest BCUT2D eigenvalue weighted by Crippen LogP contribution is 2.29. The maximum absolute atomic E-state index is 11.8. The molecule has 0 atom stereocenters. The van der Waals surface area contributed by atoms with Gasteiger partial charge in [0.1, 0.15) is 11.3 Å². The first-order chi connectivity index (χ1) is 6.88. The molecule has 1 aromatic rings. The Bertz CT molecular complexity index is 348. The van der Waals surface area contributed by atoms with E-state index in [9.17, 15) is 13.2 Å². The van der Waals surface area contributed by atoms with Gasteiger partial charge in [0.05, 0.1) is 6.54 Å². The summed E-state index contributed by atoms with van der Waals surface area (Å²) in [5.74, 6) is 0.0471. The van der Waals surface area contributed by atoms with Crippen molar-refractivity contribution in [2.75, 3.05) is 5.75 Å². The molecule has 0 fully saturated rings. The molecule has 0 amide bonds. The van der Waals surface area contributed by atoms with Crippen molar-refractivity contribution < 1.29 is 13.2 Å². The molecule has 0 saturated heterocycles. The maximum Gasteiger partial charge on any atom is 0.441 e. The first-order valence-corrected chi connectivity index (χ1v) is 5.18. The van der Waals surface area contributed by atoms with Crippen LogP contribution in [0.15, 0.2) is 6.33 Å². The van der Waals surface area contributed by atoms with Crippen molar-refractivity contribution in [1.82, 2.24) is 14.8 Å². The minimum absolute atomic E-state index is 0.0252. The molecule has 0 aliphatic heterocycles. The summed E-state index contributed by atoms with van der Waals surface area (Å²) in [6, 6.07) is 0. The normalized spacial score (nSPS) is 11.7. The molecule has 0 aliphatic carbocycles. The van der Waals surface area contributed by atoms with Crippen LogP contribution in [0.4, 0.5) is 13.2 Å². The van der Waals surface area contributed by atoms with E-state index in [2.05, 4.69) is 22.3 Å². The number of hydrogen-bond acceptors (Lipinski definition) is 4. The van der Waals surface area contributed by atoms with E-state index in [0.29, 0.717) is 0 Å². The molecule has 2 N–H and O–H groups in total. The first kappa shape index (κ1) is 12.2. The molecule has 0 spiro atoms. The summed E-state index contributed by atoms with van der Waals surface area (Å²) in [4.78, 5) is 3.75. The molecule has 0 radical (unpaired) electrons.